The van der Waals surface area contributed by atoms with Crippen molar-refractivity contribution < 1.29 is 0 Å². The van der Waals surface area contributed by atoms with E-state index in [1.54, 1.807) is 11.8 Å². The summed E-state index contributed by atoms with van der Waals surface area (Å²) in [7, 11) is 0. The summed E-state index contributed by atoms with van der Waals surface area (Å²) in [6, 6.07) is 6.51. The molecule has 0 aliphatic carbocycles. The monoisotopic (exact) mass is 265 g/mol. The molecule has 17 heavy (non-hydrogen) atoms. The van der Waals surface area contributed by atoms with Crippen molar-refractivity contribution in [3.05, 3.63) is 18.2 Å². The topological polar surface area (TPSA) is 28.2 Å². The maximum absolute atomic E-state index is 4.72. The van der Waals surface area contributed by atoms with Gasteiger partial charge in [0.1, 0.15) is 0 Å². The summed E-state index contributed by atoms with van der Waals surface area (Å²) in [4.78, 5) is 8.41. The first kappa shape index (κ1) is 11.3. The van der Waals surface area contributed by atoms with E-state index in [4.69, 9.17) is 4.98 Å². The second kappa shape index (κ2) is 4.84. The lowest BCUT2D eigenvalue weighted by Crippen LogP contribution is -2.43. The highest BCUT2D eigenvalue weighted by molar-refractivity contribution is 7.98. The van der Waals surface area contributed by atoms with Crippen LogP contribution in [0.2, 0.25) is 0 Å². The van der Waals surface area contributed by atoms with Gasteiger partial charge in [-0.2, -0.15) is 0 Å². The Bertz CT molecular complexity index is 517. The van der Waals surface area contributed by atoms with Gasteiger partial charge in [-0.3, -0.25) is 0 Å². The van der Waals surface area contributed by atoms with Gasteiger partial charge in [0.2, 0.25) is 0 Å². The summed E-state index contributed by atoms with van der Waals surface area (Å²) in [6.45, 7) is 4.25. The van der Waals surface area contributed by atoms with Gasteiger partial charge in [0.25, 0.3) is 0 Å². The van der Waals surface area contributed by atoms with E-state index in [9.17, 15) is 0 Å². The minimum atomic E-state index is 1.06. The molecule has 0 radical (unpaired) electrons. The molecular weight excluding hydrogens is 250 g/mol. The zero-order valence-electron chi connectivity index (χ0n) is 9.77. The molecule has 3 rings (SSSR count). The van der Waals surface area contributed by atoms with Crippen LogP contribution in [0.25, 0.3) is 10.2 Å². The lowest BCUT2D eigenvalue weighted by molar-refractivity contribution is 0.588. The Balaban J connectivity index is 1.95. The molecule has 5 heteroatoms. The highest BCUT2D eigenvalue weighted by atomic mass is 32.2. The first-order valence-electron chi connectivity index (χ1n) is 5.77. The smallest absolute Gasteiger partial charge is 0.186 e. The third-order valence-corrected chi connectivity index (χ3v) is 4.78. The van der Waals surface area contributed by atoms with E-state index in [2.05, 4.69) is 34.7 Å². The molecule has 0 amide bonds. The van der Waals surface area contributed by atoms with Crippen molar-refractivity contribution in [1.29, 1.82) is 0 Å². The van der Waals surface area contributed by atoms with Crippen LogP contribution < -0.4 is 10.2 Å². The maximum Gasteiger partial charge on any atom is 0.186 e. The van der Waals surface area contributed by atoms with Crippen LogP contribution in [-0.2, 0) is 0 Å². The molecule has 2 aromatic rings. The van der Waals surface area contributed by atoms with E-state index < -0.39 is 0 Å². The molecule has 1 aliphatic rings. The normalized spacial score (nSPS) is 16.6. The summed E-state index contributed by atoms with van der Waals surface area (Å²) >= 11 is 3.59. The van der Waals surface area contributed by atoms with Crippen molar-refractivity contribution in [2.45, 2.75) is 4.90 Å². The summed E-state index contributed by atoms with van der Waals surface area (Å²) < 4.78 is 1.30. The SMILES string of the molecule is CSc1ccc2nc(N3CCNCC3)sc2c1. The number of thioether (sulfide) groups is 1. The van der Waals surface area contributed by atoms with Crippen molar-refractivity contribution in [2.24, 2.45) is 0 Å². The van der Waals surface area contributed by atoms with E-state index in [1.807, 2.05) is 11.3 Å². The summed E-state index contributed by atoms with van der Waals surface area (Å²) in [5.74, 6) is 0. The second-order valence-corrected chi connectivity index (χ2v) is 5.96. The van der Waals surface area contributed by atoms with Gasteiger partial charge >= 0.3 is 0 Å². The third-order valence-electron chi connectivity index (χ3n) is 2.97. The van der Waals surface area contributed by atoms with Crippen molar-refractivity contribution in [1.82, 2.24) is 10.3 Å². The van der Waals surface area contributed by atoms with Gasteiger partial charge in [-0.25, -0.2) is 4.98 Å². The molecule has 0 spiro atoms. The van der Waals surface area contributed by atoms with Gasteiger partial charge in [-0.1, -0.05) is 11.3 Å². The number of aromatic nitrogens is 1. The van der Waals surface area contributed by atoms with Crippen LogP contribution in [0.15, 0.2) is 23.1 Å². The van der Waals surface area contributed by atoms with E-state index >= 15 is 0 Å². The zero-order valence-corrected chi connectivity index (χ0v) is 11.4. The Labute approximate surface area is 109 Å². The molecule has 1 aliphatic heterocycles. The predicted molar refractivity (Wildman–Crippen MR) is 76.5 cm³/mol. The fraction of sp³-hybridized carbons (Fsp3) is 0.417. The number of hydrogen-bond acceptors (Lipinski definition) is 5. The molecule has 1 N–H and O–H groups in total. The lowest BCUT2D eigenvalue weighted by Gasteiger charge is -2.26. The second-order valence-electron chi connectivity index (χ2n) is 4.07. The average Bonchev–Trinajstić information content (AvgIpc) is 2.82. The van der Waals surface area contributed by atoms with Crippen molar-refractivity contribution in [3.63, 3.8) is 0 Å². The number of nitrogens with one attached hydrogen (secondary N) is 1. The molecule has 0 bridgehead atoms. The summed E-state index contributed by atoms with van der Waals surface area (Å²) in [6.07, 6.45) is 2.11. The molecule has 1 saturated heterocycles. The number of thiazole rings is 1. The van der Waals surface area contributed by atoms with Crippen molar-refractivity contribution in [2.75, 3.05) is 37.3 Å². The number of benzene rings is 1. The van der Waals surface area contributed by atoms with Crippen molar-refractivity contribution >= 4 is 38.4 Å². The zero-order chi connectivity index (χ0) is 11.7. The van der Waals surface area contributed by atoms with Gasteiger partial charge < -0.3 is 10.2 Å². The summed E-state index contributed by atoms with van der Waals surface area (Å²) in [5.41, 5.74) is 1.13. The minimum absolute atomic E-state index is 1.06. The van der Waals surface area contributed by atoms with Gasteiger partial charge in [0.05, 0.1) is 10.2 Å². The molecule has 90 valence electrons. The first-order valence-corrected chi connectivity index (χ1v) is 7.81. The van der Waals surface area contributed by atoms with E-state index in [0.29, 0.717) is 0 Å². The average molecular weight is 265 g/mol. The van der Waals surface area contributed by atoms with Crippen LogP contribution in [0.4, 0.5) is 5.13 Å². The van der Waals surface area contributed by atoms with E-state index in [-0.39, 0.29) is 0 Å². The first-order chi connectivity index (χ1) is 8.36. The molecule has 1 aromatic carbocycles. The fourth-order valence-corrected chi connectivity index (χ4v) is 3.58. The highest BCUT2D eigenvalue weighted by Gasteiger charge is 2.14. The molecule has 1 aromatic heterocycles. The molecular formula is C12H15N3S2. The van der Waals surface area contributed by atoms with Crippen LogP contribution in [0.5, 0.6) is 0 Å². The van der Waals surface area contributed by atoms with Crippen LogP contribution in [0, 0.1) is 0 Å². The van der Waals surface area contributed by atoms with Crippen LogP contribution in [-0.4, -0.2) is 37.4 Å². The summed E-state index contributed by atoms with van der Waals surface area (Å²) in [5, 5.41) is 4.53. The maximum atomic E-state index is 4.72. The largest absolute Gasteiger partial charge is 0.346 e. The molecule has 3 nitrogen and oxygen atoms in total. The Hall–Kier alpha value is -0.780. The molecule has 0 saturated carbocycles. The van der Waals surface area contributed by atoms with Crippen molar-refractivity contribution in [3.8, 4) is 0 Å². The minimum Gasteiger partial charge on any atom is -0.346 e. The number of fused-ring (bicyclic) bond motifs is 1. The number of anilines is 1. The number of piperazine rings is 1. The van der Waals surface area contributed by atoms with Gasteiger partial charge in [-0.15, -0.1) is 11.8 Å². The molecule has 0 unspecified atom stereocenters. The molecule has 2 heterocycles. The molecule has 1 fully saturated rings. The fourth-order valence-electron chi connectivity index (χ4n) is 2.01. The van der Waals surface area contributed by atoms with E-state index in [1.165, 1.54) is 14.7 Å². The molecule has 0 atom stereocenters. The Kier molecular flexibility index (Phi) is 3.22. The van der Waals surface area contributed by atoms with E-state index in [0.717, 1.165) is 31.7 Å². The van der Waals surface area contributed by atoms with Gasteiger partial charge in [0.15, 0.2) is 5.13 Å². The Morgan fingerprint density at radius 1 is 1.35 bits per heavy atom. The predicted octanol–water partition coefficient (Wildman–Crippen LogP) is 2.43. The van der Waals surface area contributed by atoms with Crippen LogP contribution >= 0.6 is 23.1 Å². The highest BCUT2D eigenvalue weighted by Crippen LogP contribution is 2.31. The Morgan fingerprint density at radius 3 is 2.94 bits per heavy atom. The third kappa shape index (κ3) is 2.27. The lowest BCUT2D eigenvalue weighted by atomic mass is 10.3. The number of nitrogens with zero attached hydrogens (tertiary/aromatic N) is 2. The number of rotatable bonds is 2. The quantitative estimate of drug-likeness (QED) is 0.844. The van der Waals surface area contributed by atoms with Crippen LogP contribution in [0.1, 0.15) is 0 Å². The Morgan fingerprint density at radius 2 is 2.18 bits per heavy atom. The van der Waals surface area contributed by atoms with Gasteiger partial charge in [0, 0.05) is 31.1 Å². The van der Waals surface area contributed by atoms with Gasteiger partial charge in [-0.05, 0) is 24.5 Å². The number of hydrogen-bond donors (Lipinski definition) is 1. The van der Waals surface area contributed by atoms with Crippen LogP contribution in [0.3, 0.4) is 0 Å². The standard InChI is InChI=1S/C12H15N3S2/c1-16-9-2-3-10-11(8-9)17-12(14-10)15-6-4-13-5-7-15/h2-3,8,13H,4-7H2,1H3.